The molecule has 1 aromatic carbocycles. The number of aryl methyl sites for hydroxylation is 1. The Kier molecular flexibility index (Phi) is 6.33. The van der Waals surface area contributed by atoms with Crippen molar-refractivity contribution in [2.24, 2.45) is 5.92 Å². The van der Waals surface area contributed by atoms with Gasteiger partial charge in [0.25, 0.3) is 5.91 Å². The van der Waals surface area contributed by atoms with Crippen molar-refractivity contribution in [1.29, 1.82) is 0 Å². The van der Waals surface area contributed by atoms with Crippen molar-refractivity contribution < 1.29 is 14.3 Å². The number of esters is 1. The van der Waals surface area contributed by atoms with Crippen molar-refractivity contribution in [1.82, 2.24) is 15.1 Å². The molecule has 0 aliphatic rings. The average molecular weight is 343 g/mol. The van der Waals surface area contributed by atoms with Crippen molar-refractivity contribution in [2.45, 2.75) is 34.2 Å². The SMILES string of the molecule is Cc1nn(Cc2ccccc2)c(C)c1C(=O)OCC(=O)NCC(C)C. The first-order chi connectivity index (χ1) is 11.9. The van der Waals surface area contributed by atoms with Crippen LogP contribution in [0.15, 0.2) is 30.3 Å². The number of amides is 1. The Balaban J connectivity index is 2.01. The summed E-state index contributed by atoms with van der Waals surface area (Å²) < 4.78 is 6.92. The Morgan fingerprint density at radius 2 is 1.88 bits per heavy atom. The fraction of sp³-hybridized carbons (Fsp3) is 0.421. The number of nitrogens with zero attached hydrogens (tertiary/aromatic N) is 2. The highest BCUT2D eigenvalue weighted by atomic mass is 16.5. The van der Waals surface area contributed by atoms with E-state index in [1.165, 1.54) is 0 Å². The van der Waals surface area contributed by atoms with Gasteiger partial charge in [-0.2, -0.15) is 5.10 Å². The number of benzene rings is 1. The molecule has 2 rings (SSSR count). The predicted molar refractivity (Wildman–Crippen MR) is 95.4 cm³/mol. The minimum atomic E-state index is -0.519. The Bertz CT molecular complexity index is 736. The molecule has 1 N–H and O–H groups in total. The van der Waals surface area contributed by atoms with Crippen LogP contribution in [-0.4, -0.2) is 34.8 Å². The molecular weight excluding hydrogens is 318 g/mol. The third-order valence-electron chi connectivity index (χ3n) is 3.80. The van der Waals surface area contributed by atoms with Crippen molar-refractivity contribution in [3.05, 3.63) is 52.8 Å². The lowest BCUT2D eigenvalue weighted by Crippen LogP contribution is -2.31. The van der Waals surface area contributed by atoms with Gasteiger partial charge in [0.05, 0.1) is 17.9 Å². The second kappa shape index (κ2) is 8.46. The third-order valence-corrected chi connectivity index (χ3v) is 3.80. The highest BCUT2D eigenvalue weighted by Crippen LogP contribution is 2.16. The van der Waals surface area contributed by atoms with E-state index in [-0.39, 0.29) is 12.5 Å². The number of carbonyl (C=O) groups excluding carboxylic acids is 2. The molecule has 1 amide bonds. The van der Waals surface area contributed by atoms with Crippen LogP contribution < -0.4 is 5.32 Å². The maximum Gasteiger partial charge on any atom is 0.342 e. The molecule has 0 atom stereocenters. The van der Waals surface area contributed by atoms with E-state index in [2.05, 4.69) is 10.4 Å². The van der Waals surface area contributed by atoms with Gasteiger partial charge in [-0.05, 0) is 25.3 Å². The summed E-state index contributed by atoms with van der Waals surface area (Å²) in [5.41, 5.74) is 2.85. The lowest BCUT2D eigenvalue weighted by Gasteiger charge is -2.09. The Labute approximate surface area is 148 Å². The number of hydrogen-bond donors (Lipinski definition) is 1. The molecule has 6 heteroatoms. The Morgan fingerprint density at radius 1 is 1.20 bits per heavy atom. The topological polar surface area (TPSA) is 73.2 Å². The molecule has 0 saturated heterocycles. The molecule has 2 aromatic rings. The largest absolute Gasteiger partial charge is 0.452 e. The average Bonchev–Trinajstić information content (AvgIpc) is 2.85. The molecule has 0 aliphatic carbocycles. The summed E-state index contributed by atoms with van der Waals surface area (Å²) in [7, 11) is 0. The molecule has 0 aliphatic heterocycles. The fourth-order valence-electron chi connectivity index (χ4n) is 2.47. The molecule has 0 unspecified atom stereocenters. The second-order valence-corrected chi connectivity index (χ2v) is 6.46. The van der Waals surface area contributed by atoms with Crippen LogP contribution in [0, 0.1) is 19.8 Å². The third kappa shape index (κ3) is 5.17. The zero-order valence-corrected chi connectivity index (χ0v) is 15.2. The number of ether oxygens (including phenoxy) is 1. The van der Waals surface area contributed by atoms with E-state index in [1.807, 2.05) is 51.1 Å². The summed E-state index contributed by atoms with van der Waals surface area (Å²) in [6.07, 6.45) is 0. The van der Waals surface area contributed by atoms with Gasteiger partial charge in [0.1, 0.15) is 5.56 Å². The summed E-state index contributed by atoms with van der Waals surface area (Å²) in [5.74, 6) is -0.469. The maximum atomic E-state index is 12.3. The molecule has 1 heterocycles. The molecule has 0 saturated carbocycles. The Hall–Kier alpha value is -2.63. The van der Waals surface area contributed by atoms with E-state index in [9.17, 15) is 9.59 Å². The molecule has 6 nitrogen and oxygen atoms in total. The lowest BCUT2D eigenvalue weighted by molar-refractivity contribution is -0.124. The molecular formula is C19H25N3O3. The highest BCUT2D eigenvalue weighted by Gasteiger charge is 2.21. The number of carbonyl (C=O) groups is 2. The number of aromatic nitrogens is 2. The molecule has 0 spiro atoms. The van der Waals surface area contributed by atoms with Gasteiger partial charge in [-0.15, -0.1) is 0 Å². The summed E-state index contributed by atoms with van der Waals surface area (Å²) in [5, 5.41) is 7.15. The van der Waals surface area contributed by atoms with Crippen molar-refractivity contribution >= 4 is 11.9 Å². The summed E-state index contributed by atoms with van der Waals surface area (Å²) >= 11 is 0. The highest BCUT2D eigenvalue weighted by molar-refractivity contribution is 5.93. The predicted octanol–water partition coefficient (Wildman–Crippen LogP) is 2.48. The van der Waals surface area contributed by atoms with Crippen molar-refractivity contribution in [3.8, 4) is 0 Å². The smallest absolute Gasteiger partial charge is 0.342 e. The van der Waals surface area contributed by atoms with E-state index in [0.717, 1.165) is 11.3 Å². The zero-order valence-electron chi connectivity index (χ0n) is 15.2. The van der Waals surface area contributed by atoms with E-state index in [0.29, 0.717) is 30.3 Å². The first kappa shape index (κ1) is 18.7. The van der Waals surface area contributed by atoms with Crippen molar-refractivity contribution in [2.75, 3.05) is 13.2 Å². The molecule has 25 heavy (non-hydrogen) atoms. The normalized spacial score (nSPS) is 10.8. The quantitative estimate of drug-likeness (QED) is 0.784. The number of nitrogens with one attached hydrogen (secondary N) is 1. The summed E-state index contributed by atoms with van der Waals surface area (Å²) in [6, 6.07) is 9.90. The van der Waals surface area contributed by atoms with Crippen LogP contribution >= 0.6 is 0 Å². The van der Waals surface area contributed by atoms with E-state index < -0.39 is 5.97 Å². The van der Waals surface area contributed by atoms with Crippen LogP contribution in [-0.2, 0) is 16.1 Å². The minimum absolute atomic E-state index is 0.283. The van der Waals surface area contributed by atoms with Gasteiger partial charge in [0, 0.05) is 6.54 Å². The molecule has 0 radical (unpaired) electrons. The molecule has 134 valence electrons. The molecule has 1 aromatic heterocycles. The van der Waals surface area contributed by atoms with Crippen LogP contribution in [0.2, 0.25) is 0 Å². The van der Waals surface area contributed by atoms with Crippen LogP contribution in [0.4, 0.5) is 0 Å². The standard InChI is InChI=1S/C19H25N3O3/c1-13(2)10-20-17(23)12-25-19(24)18-14(3)21-22(15(18)4)11-16-8-6-5-7-9-16/h5-9,13H,10-12H2,1-4H3,(H,20,23). The minimum Gasteiger partial charge on any atom is -0.452 e. The van der Waals surface area contributed by atoms with Gasteiger partial charge in [-0.1, -0.05) is 44.2 Å². The molecule has 0 fully saturated rings. The van der Waals surface area contributed by atoms with Crippen molar-refractivity contribution in [3.63, 3.8) is 0 Å². The van der Waals surface area contributed by atoms with Gasteiger partial charge in [0.15, 0.2) is 6.61 Å². The number of rotatable bonds is 7. The zero-order chi connectivity index (χ0) is 18.4. The van der Waals surface area contributed by atoms with Crippen LogP contribution in [0.1, 0.15) is 41.2 Å². The van der Waals surface area contributed by atoms with E-state index >= 15 is 0 Å². The number of hydrogen-bond acceptors (Lipinski definition) is 4. The van der Waals surface area contributed by atoms with Gasteiger partial charge >= 0.3 is 5.97 Å². The van der Waals surface area contributed by atoms with E-state index in [1.54, 1.807) is 11.6 Å². The Morgan fingerprint density at radius 3 is 2.52 bits per heavy atom. The maximum absolute atomic E-state index is 12.3. The molecule has 0 bridgehead atoms. The summed E-state index contributed by atoms with van der Waals surface area (Å²) in [6.45, 7) is 8.45. The van der Waals surface area contributed by atoms with Crippen LogP contribution in [0.3, 0.4) is 0 Å². The van der Waals surface area contributed by atoms with Crippen LogP contribution in [0.5, 0.6) is 0 Å². The second-order valence-electron chi connectivity index (χ2n) is 6.46. The van der Waals surface area contributed by atoms with E-state index in [4.69, 9.17) is 4.74 Å². The van der Waals surface area contributed by atoms with Gasteiger partial charge in [0.2, 0.25) is 0 Å². The first-order valence-electron chi connectivity index (χ1n) is 8.40. The lowest BCUT2D eigenvalue weighted by atomic mass is 10.2. The summed E-state index contributed by atoms with van der Waals surface area (Å²) in [4.78, 5) is 24.0. The fourth-order valence-corrected chi connectivity index (χ4v) is 2.47. The van der Waals surface area contributed by atoms with Gasteiger partial charge in [-0.3, -0.25) is 9.48 Å². The van der Waals surface area contributed by atoms with Gasteiger partial charge < -0.3 is 10.1 Å². The monoisotopic (exact) mass is 343 g/mol. The van der Waals surface area contributed by atoms with Gasteiger partial charge in [-0.25, -0.2) is 4.79 Å². The first-order valence-corrected chi connectivity index (χ1v) is 8.40. The van der Waals surface area contributed by atoms with Crippen LogP contribution in [0.25, 0.3) is 0 Å².